The van der Waals surface area contributed by atoms with E-state index in [1.165, 1.54) is 6.20 Å². The second-order valence-corrected chi connectivity index (χ2v) is 4.09. The Morgan fingerprint density at radius 1 is 1.21 bits per heavy atom. The van der Waals surface area contributed by atoms with E-state index in [9.17, 15) is 5.21 Å². The van der Waals surface area contributed by atoms with Gasteiger partial charge < -0.3 is 26.1 Å². The number of fused-ring (bicyclic) bond motifs is 1. The summed E-state index contributed by atoms with van der Waals surface area (Å²) in [4.78, 5) is 2.22. The Hall–Kier alpha value is -2.12. The Labute approximate surface area is 110 Å². The zero-order valence-corrected chi connectivity index (χ0v) is 10.4. The Morgan fingerprint density at radius 3 is 2.53 bits per heavy atom. The van der Waals surface area contributed by atoms with Crippen LogP contribution in [0.4, 0.5) is 11.4 Å². The number of nitrogens with two attached hydrogens (primary N) is 1. The number of aliphatic hydroxyl groups excluding tert-OH is 2. The first-order valence-electron chi connectivity index (χ1n) is 5.92. The monoisotopic (exact) mass is 264 g/mol. The standard InChI is InChI=1S/C12H16N4O3/c13-10-1-2-11(15(5-7-17)6-8-18)12-9(10)3-4-16(19)14-12/h1-4,17-18H,5-8,13H2. The van der Waals surface area contributed by atoms with Crippen LogP contribution in [0.15, 0.2) is 24.4 Å². The Balaban J connectivity index is 2.58. The van der Waals surface area contributed by atoms with Gasteiger partial charge >= 0.3 is 0 Å². The van der Waals surface area contributed by atoms with Gasteiger partial charge in [0, 0.05) is 35.3 Å². The van der Waals surface area contributed by atoms with Crippen LogP contribution >= 0.6 is 0 Å². The number of nitrogens with zero attached hydrogens (tertiary/aromatic N) is 3. The smallest absolute Gasteiger partial charge is 0.210 e. The van der Waals surface area contributed by atoms with Crippen molar-refractivity contribution in [3.05, 3.63) is 29.6 Å². The summed E-state index contributed by atoms with van der Waals surface area (Å²) in [5.41, 5.74) is 7.50. The van der Waals surface area contributed by atoms with Gasteiger partial charge in [0.15, 0.2) is 5.52 Å². The highest BCUT2D eigenvalue weighted by Gasteiger charge is 2.14. The summed E-state index contributed by atoms with van der Waals surface area (Å²) in [5.74, 6) is 0. The molecule has 0 spiro atoms. The molecule has 1 aromatic carbocycles. The van der Waals surface area contributed by atoms with Crippen LogP contribution in [0.3, 0.4) is 0 Å². The summed E-state index contributed by atoms with van der Waals surface area (Å²) in [6, 6.07) is 5.05. The Morgan fingerprint density at radius 2 is 1.89 bits per heavy atom. The van der Waals surface area contributed by atoms with E-state index in [4.69, 9.17) is 15.9 Å². The molecule has 7 nitrogen and oxygen atoms in total. The molecule has 4 N–H and O–H groups in total. The van der Waals surface area contributed by atoms with Crippen LogP contribution in [-0.2, 0) is 0 Å². The topological polar surface area (TPSA) is 110 Å². The van der Waals surface area contributed by atoms with E-state index in [0.717, 1.165) is 0 Å². The normalized spacial score (nSPS) is 10.8. The Kier molecular flexibility index (Phi) is 3.98. The lowest BCUT2D eigenvalue weighted by Gasteiger charge is -2.23. The fourth-order valence-corrected chi connectivity index (χ4v) is 2.01. The molecule has 0 radical (unpaired) electrons. The van der Waals surface area contributed by atoms with Gasteiger partial charge in [0.05, 0.1) is 18.9 Å². The molecule has 102 valence electrons. The summed E-state index contributed by atoms with van der Waals surface area (Å²) >= 11 is 0. The number of aromatic nitrogens is 2. The van der Waals surface area contributed by atoms with E-state index in [1.807, 2.05) is 0 Å². The van der Waals surface area contributed by atoms with Crippen LogP contribution in [0.1, 0.15) is 0 Å². The van der Waals surface area contributed by atoms with Crippen LogP contribution in [0.2, 0.25) is 0 Å². The van der Waals surface area contributed by atoms with Crippen molar-refractivity contribution in [3.8, 4) is 0 Å². The van der Waals surface area contributed by atoms with Crippen LogP contribution in [0.5, 0.6) is 0 Å². The molecule has 0 saturated heterocycles. The molecule has 0 aliphatic rings. The molecule has 1 aromatic heterocycles. The molecule has 0 unspecified atom stereocenters. The van der Waals surface area contributed by atoms with Gasteiger partial charge in [0.25, 0.3) is 0 Å². The number of benzene rings is 1. The third-order valence-corrected chi connectivity index (χ3v) is 2.88. The maximum atomic E-state index is 11.3. The van der Waals surface area contributed by atoms with Gasteiger partial charge in [-0.25, -0.2) is 0 Å². The minimum atomic E-state index is -0.0594. The first kappa shape index (κ1) is 13.3. The average Bonchev–Trinajstić information content (AvgIpc) is 2.39. The zero-order chi connectivity index (χ0) is 13.8. The van der Waals surface area contributed by atoms with Crippen LogP contribution in [-0.4, -0.2) is 41.6 Å². The average molecular weight is 264 g/mol. The van der Waals surface area contributed by atoms with Gasteiger partial charge in [0.1, 0.15) is 0 Å². The molecule has 0 bridgehead atoms. The van der Waals surface area contributed by atoms with Crippen molar-refractivity contribution < 1.29 is 15.1 Å². The Bertz CT molecular complexity index is 570. The second kappa shape index (κ2) is 5.68. The number of nitrogen functional groups attached to an aromatic ring is 1. The van der Waals surface area contributed by atoms with E-state index in [2.05, 4.69) is 5.10 Å². The van der Waals surface area contributed by atoms with Crippen molar-refractivity contribution in [1.29, 1.82) is 0 Å². The molecular formula is C12H16N4O3. The molecule has 0 aliphatic carbocycles. The quantitative estimate of drug-likeness (QED) is 0.372. The van der Waals surface area contributed by atoms with Crippen molar-refractivity contribution in [3.63, 3.8) is 0 Å². The molecular weight excluding hydrogens is 248 g/mol. The third kappa shape index (κ3) is 2.67. The number of rotatable bonds is 5. The molecule has 2 rings (SSSR count). The van der Waals surface area contributed by atoms with Crippen LogP contribution in [0.25, 0.3) is 10.9 Å². The maximum Gasteiger partial charge on any atom is 0.210 e. The van der Waals surface area contributed by atoms with E-state index >= 15 is 0 Å². The van der Waals surface area contributed by atoms with Crippen LogP contribution in [0, 0.1) is 5.21 Å². The summed E-state index contributed by atoms with van der Waals surface area (Å²) in [6.07, 6.45) is 1.28. The highest BCUT2D eigenvalue weighted by atomic mass is 16.5. The molecule has 0 saturated carbocycles. The summed E-state index contributed by atoms with van der Waals surface area (Å²) < 4.78 is 0. The minimum absolute atomic E-state index is 0.0594. The largest absolute Gasteiger partial charge is 0.594 e. The number of hydrogen-bond acceptors (Lipinski definition) is 6. The molecule has 0 aliphatic heterocycles. The number of anilines is 2. The summed E-state index contributed by atoms with van der Waals surface area (Å²) in [7, 11) is 0. The maximum absolute atomic E-state index is 11.3. The van der Waals surface area contributed by atoms with Gasteiger partial charge in [-0.2, -0.15) is 0 Å². The lowest BCUT2D eigenvalue weighted by Crippen LogP contribution is -2.33. The fraction of sp³-hybridized carbons (Fsp3) is 0.333. The molecule has 0 fully saturated rings. The van der Waals surface area contributed by atoms with Gasteiger partial charge in [-0.15, -0.1) is 0 Å². The first-order valence-corrected chi connectivity index (χ1v) is 5.92. The third-order valence-electron chi connectivity index (χ3n) is 2.88. The zero-order valence-electron chi connectivity index (χ0n) is 10.4. The van der Waals surface area contributed by atoms with Crippen molar-refractivity contribution in [2.75, 3.05) is 36.9 Å². The minimum Gasteiger partial charge on any atom is -0.594 e. The summed E-state index contributed by atoms with van der Waals surface area (Å²) in [6.45, 7) is 0.566. The fourth-order valence-electron chi connectivity index (χ4n) is 2.01. The SMILES string of the molecule is Nc1ccc(N(CCO)CCO)c2n[n+]([O-])ccc12. The van der Waals surface area contributed by atoms with Crippen molar-refractivity contribution in [2.45, 2.75) is 0 Å². The number of hydrogen-bond donors (Lipinski definition) is 3. The van der Waals surface area contributed by atoms with E-state index < -0.39 is 0 Å². The van der Waals surface area contributed by atoms with Gasteiger partial charge in [0.2, 0.25) is 6.20 Å². The molecule has 19 heavy (non-hydrogen) atoms. The van der Waals surface area contributed by atoms with E-state index in [0.29, 0.717) is 40.2 Å². The van der Waals surface area contributed by atoms with Gasteiger partial charge in [-0.05, 0) is 12.1 Å². The van der Waals surface area contributed by atoms with E-state index in [1.54, 1.807) is 23.1 Å². The predicted molar refractivity (Wildman–Crippen MR) is 71.5 cm³/mol. The second-order valence-electron chi connectivity index (χ2n) is 4.09. The van der Waals surface area contributed by atoms with E-state index in [-0.39, 0.29) is 13.2 Å². The molecule has 1 heterocycles. The number of aliphatic hydroxyl groups is 2. The molecule has 0 atom stereocenters. The van der Waals surface area contributed by atoms with Crippen molar-refractivity contribution in [2.24, 2.45) is 0 Å². The summed E-state index contributed by atoms with van der Waals surface area (Å²) in [5, 5.41) is 34.0. The molecule has 7 heteroatoms. The molecule has 0 amide bonds. The predicted octanol–water partition coefficient (Wildman–Crippen LogP) is -0.759. The van der Waals surface area contributed by atoms with Crippen molar-refractivity contribution in [1.82, 2.24) is 5.10 Å². The first-order chi connectivity index (χ1) is 9.17. The lowest BCUT2D eigenvalue weighted by atomic mass is 10.1. The van der Waals surface area contributed by atoms with Crippen LogP contribution < -0.4 is 15.5 Å². The highest BCUT2D eigenvalue weighted by Crippen LogP contribution is 2.28. The lowest BCUT2D eigenvalue weighted by molar-refractivity contribution is -0.666. The highest BCUT2D eigenvalue weighted by molar-refractivity contribution is 5.98. The molecule has 2 aromatic rings. The van der Waals surface area contributed by atoms with Gasteiger partial charge in [-0.3, -0.25) is 0 Å². The van der Waals surface area contributed by atoms with Crippen molar-refractivity contribution >= 4 is 22.3 Å². The van der Waals surface area contributed by atoms with Gasteiger partial charge in [-0.1, -0.05) is 4.85 Å².